The monoisotopic (exact) mass is 666 g/mol. The van der Waals surface area contributed by atoms with Gasteiger partial charge in [-0.05, 0) is 30.3 Å². The van der Waals surface area contributed by atoms with Gasteiger partial charge in [-0.3, -0.25) is 9.59 Å². The van der Waals surface area contributed by atoms with Crippen LogP contribution in [0.25, 0.3) is 22.2 Å². The van der Waals surface area contributed by atoms with Crippen LogP contribution in [0, 0.1) is 0 Å². The molecule has 0 atom stereocenters. The van der Waals surface area contributed by atoms with E-state index in [1.165, 1.54) is 29.8 Å². The molecule has 202 valence electrons. The van der Waals surface area contributed by atoms with Crippen molar-refractivity contribution >= 4 is 60.4 Å². The predicted molar refractivity (Wildman–Crippen MR) is 145 cm³/mol. The summed E-state index contributed by atoms with van der Waals surface area (Å²) in [6.45, 7) is -0.136. The number of aromatic nitrogens is 1. The first-order valence-corrected chi connectivity index (χ1v) is 12.9. The number of hydrogen-bond donors (Lipinski definition) is 3. The van der Waals surface area contributed by atoms with Gasteiger partial charge < -0.3 is 20.1 Å². The number of halogens is 5. The summed E-state index contributed by atoms with van der Waals surface area (Å²) in [5.41, 5.74) is -1.54. The smallest absolute Gasteiger partial charge is 0.417 e. The first kappa shape index (κ1) is 28.4. The van der Waals surface area contributed by atoms with Crippen molar-refractivity contribution in [2.24, 2.45) is 7.05 Å². The second-order valence-corrected chi connectivity index (χ2v) is 10.4. The van der Waals surface area contributed by atoms with Crippen LogP contribution in [0.15, 0.2) is 63.5 Å². The zero-order valence-electron chi connectivity index (χ0n) is 20.1. The average molecular weight is 668 g/mol. The van der Waals surface area contributed by atoms with E-state index in [-0.39, 0.29) is 40.7 Å². The van der Waals surface area contributed by atoms with Crippen LogP contribution >= 0.6 is 31.9 Å². The molecule has 12 heteroatoms. The number of amides is 1. The van der Waals surface area contributed by atoms with Gasteiger partial charge in [0.1, 0.15) is 11.3 Å². The maximum atomic E-state index is 13.9. The van der Waals surface area contributed by atoms with Crippen molar-refractivity contribution in [1.82, 2.24) is 9.88 Å². The van der Waals surface area contributed by atoms with Crippen LogP contribution in [0.3, 0.4) is 0 Å². The maximum Gasteiger partial charge on any atom is 0.417 e. The lowest BCUT2D eigenvalue weighted by Gasteiger charge is -2.15. The number of nitrogens with zero attached hydrogens (tertiary/aromatic N) is 1. The Kier molecular flexibility index (Phi) is 7.89. The Labute approximate surface area is 236 Å². The molecule has 0 unspecified atom stereocenters. The van der Waals surface area contributed by atoms with Gasteiger partial charge in [0.05, 0.1) is 22.3 Å². The molecular weight excluding hydrogens is 649 g/mol. The summed E-state index contributed by atoms with van der Waals surface area (Å²) in [5, 5.41) is 22.4. The van der Waals surface area contributed by atoms with Gasteiger partial charge in [0.2, 0.25) is 0 Å². The highest BCUT2D eigenvalue weighted by molar-refractivity contribution is 9.11. The molecule has 0 bridgehead atoms. The number of benzene rings is 3. The number of nitrogens with one attached hydrogen (secondary N) is 1. The second kappa shape index (κ2) is 10.9. The Morgan fingerprint density at radius 2 is 1.64 bits per heavy atom. The third-order valence-corrected chi connectivity index (χ3v) is 6.99. The molecule has 0 saturated carbocycles. The molecule has 0 saturated heterocycles. The van der Waals surface area contributed by atoms with E-state index in [0.717, 1.165) is 18.2 Å². The van der Waals surface area contributed by atoms with Crippen LogP contribution in [0.4, 0.5) is 13.2 Å². The molecule has 3 N–H and O–H groups in total. The van der Waals surface area contributed by atoms with Gasteiger partial charge in [-0.1, -0.05) is 50.1 Å². The first-order chi connectivity index (χ1) is 18.3. The number of ketones is 1. The van der Waals surface area contributed by atoms with E-state index >= 15 is 0 Å². The van der Waals surface area contributed by atoms with Gasteiger partial charge in [-0.25, -0.2) is 4.79 Å². The molecule has 0 aliphatic carbocycles. The number of rotatable bonds is 7. The molecule has 0 fully saturated rings. The second-order valence-electron chi connectivity index (χ2n) is 8.60. The lowest BCUT2D eigenvalue weighted by atomic mass is 9.96. The van der Waals surface area contributed by atoms with Crippen molar-refractivity contribution < 1.29 is 37.8 Å². The van der Waals surface area contributed by atoms with E-state index in [9.17, 15) is 37.8 Å². The number of aromatic carboxylic acids is 1. The number of phenols is 1. The van der Waals surface area contributed by atoms with E-state index in [4.69, 9.17) is 0 Å². The number of aromatic hydroxyl groups is 1. The highest BCUT2D eigenvalue weighted by atomic mass is 79.9. The summed E-state index contributed by atoms with van der Waals surface area (Å²) >= 11 is 6.59. The SMILES string of the molecule is Cn1c(-c2ccccc2C(F)(F)F)c(C(=O)CCNC(=O)c2cc(Br)cc(Br)c2)c2cc(C(=O)O)c(O)cc21. The van der Waals surface area contributed by atoms with Gasteiger partial charge in [-0.2, -0.15) is 13.2 Å². The van der Waals surface area contributed by atoms with Crippen LogP contribution < -0.4 is 5.32 Å². The number of Topliss-reactive ketones (excluding diaryl/α,β-unsaturated/α-hetero) is 1. The number of hydrogen-bond acceptors (Lipinski definition) is 4. The number of carboxylic acids is 1. The van der Waals surface area contributed by atoms with Gasteiger partial charge in [-0.15, -0.1) is 0 Å². The highest BCUT2D eigenvalue weighted by Crippen LogP contribution is 2.42. The number of carboxylic acid groups (broad SMARTS) is 1. The minimum absolute atomic E-state index is 0.0620. The highest BCUT2D eigenvalue weighted by Gasteiger charge is 2.36. The Morgan fingerprint density at radius 1 is 1.00 bits per heavy atom. The summed E-state index contributed by atoms with van der Waals surface area (Å²) in [6, 6.07) is 11.8. The van der Waals surface area contributed by atoms with E-state index in [2.05, 4.69) is 37.2 Å². The molecule has 4 rings (SSSR count). The lowest BCUT2D eigenvalue weighted by Crippen LogP contribution is -2.26. The zero-order valence-corrected chi connectivity index (χ0v) is 23.2. The van der Waals surface area contributed by atoms with Crippen molar-refractivity contribution in [3.8, 4) is 17.0 Å². The van der Waals surface area contributed by atoms with Gasteiger partial charge in [0.15, 0.2) is 5.78 Å². The molecule has 0 aliphatic rings. The standard InChI is InChI=1S/C27H19Br2F3N2O5/c1-34-20-12-22(36)18(26(38)39)11-17(20)23(24(34)16-4-2-3-5-19(16)27(30,31)32)21(35)6-7-33-25(37)13-8-14(28)10-15(29)9-13/h2-5,8-12,36H,6-7H2,1H3,(H,33,37)(H,38,39). The van der Waals surface area contributed by atoms with Crippen molar-refractivity contribution in [2.75, 3.05) is 6.54 Å². The normalized spacial score (nSPS) is 11.5. The molecule has 4 aromatic rings. The topological polar surface area (TPSA) is 109 Å². The van der Waals surface area contributed by atoms with Crippen molar-refractivity contribution in [1.29, 1.82) is 0 Å². The lowest BCUT2D eigenvalue weighted by molar-refractivity contribution is -0.137. The predicted octanol–water partition coefficient (Wildman–Crippen LogP) is 6.80. The molecule has 0 aliphatic heterocycles. The fourth-order valence-electron chi connectivity index (χ4n) is 4.38. The molecule has 7 nitrogen and oxygen atoms in total. The first-order valence-electron chi connectivity index (χ1n) is 11.3. The van der Waals surface area contributed by atoms with E-state index in [0.29, 0.717) is 14.5 Å². The molecule has 1 amide bonds. The number of alkyl halides is 3. The molecule has 0 radical (unpaired) electrons. The summed E-state index contributed by atoms with van der Waals surface area (Å²) in [7, 11) is 1.42. The molecule has 3 aromatic carbocycles. The van der Waals surface area contributed by atoms with Crippen LogP contribution in [-0.2, 0) is 13.2 Å². The molecule has 0 spiro atoms. The van der Waals surface area contributed by atoms with Gasteiger partial charge in [0.25, 0.3) is 5.91 Å². The van der Waals surface area contributed by atoms with Gasteiger partial charge >= 0.3 is 12.1 Å². The largest absolute Gasteiger partial charge is 0.507 e. The van der Waals surface area contributed by atoms with Crippen LogP contribution in [0.1, 0.15) is 43.1 Å². The number of aryl methyl sites for hydroxylation is 1. The fraction of sp³-hybridized carbons (Fsp3) is 0.148. The Hall–Kier alpha value is -3.64. The summed E-state index contributed by atoms with van der Waals surface area (Å²) in [5.74, 6) is -3.16. The molecular formula is C27H19Br2F3N2O5. The van der Waals surface area contributed by atoms with E-state index in [1.54, 1.807) is 18.2 Å². The summed E-state index contributed by atoms with van der Waals surface area (Å²) in [6.07, 6.45) is -5.03. The van der Waals surface area contributed by atoms with Crippen molar-refractivity contribution in [3.05, 3.63) is 85.8 Å². The average Bonchev–Trinajstić information content (AvgIpc) is 3.13. The summed E-state index contributed by atoms with van der Waals surface area (Å²) < 4.78 is 44.4. The third-order valence-electron chi connectivity index (χ3n) is 6.08. The minimum atomic E-state index is -4.74. The Morgan fingerprint density at radius 3 is 2.26 bits per heavy atom. The fourth-order valence-corrected chi connectivity index (χ4v) is 5.67. The number of fused-ring (bicyclic) bond motifs is 1. The molecule has 39 heavy (non-hydrogen) atoms. The number of carbonyl (C=O) groups is 3. The zero-order chi connectivity index (χ0) is 28.6. The van der Waals surface area contributed by atoms with Crippen molar-refractivity contribution in [2.45, 2.75) is 12.6 Å². The number of carbonyl (C=O) groups excluding carboxylic acids is 2. The summed E-state index contributed by atoms with van der Waals surface area (Å²) in [4.78, 5) is 37.8. The van der Waals surface area contributed by atoms with E-state index in [1.807, 2.05) is 0 Å². The Bertz CT molecular complexity index is 1630. The van der Waals surface area contributed by atoms with Gasteiger partial charge in [0, 0.05) is 51.5 Å². The Balaban J connectivity index is 1.79. The quantitative estimate of drug-likeness (QED) is 0.188. The third kappa shape index (κ3) is 5.71. The van der Waals surface area contributed by atoms with Crippen LogP contribution in [0.5, 0.6) is 5.75 Å². The maximum absolute atomic E-state index is 13.9. The van der Waals surface area contributed by atoms with Crippen LogP contribution in [0.2, 0.25) is 0 Å². The van der Waals surface area contributed by atoms with Crippen LogP contribution in [-0.4, -0.2) is 39.0 Å². The molecule has 1 heterocycles. The van der Waals surface area contributed by atoms with E-state index < -0.39 is 40.7 Å². The van der Waals surface area contributed by atoms with Crippen molar-refractivity contribution in [3.63, 3.8) is 0 Å². The molecule has 1 aromatic heterocycles. The minimum Gasteiger partial charge on any atom is -0.507 e.